The van der Waals surface area contributed by atoms with E-state index in [0.717, 1.165) is 5.56 Å². The molecule has 2 N–H and O–H groups in total. The Morgan fingerprint density at radius 1 is 1.20 bits per heavy atom. The number of furan rings is 1. The molecule has 0 unspecified atom stereocenters. The van der Waals surface area contributed by atoms with Gasteiger partial charge in [0, 0.05) is 40.0 Å². The maximum atomic E-state index is 13.0. The highest BCUT2D eigenvalue weighted by atomic mass is 16.3. The number of hydrogen-bond donors (Lipinski definition) is 2. The van der Waals surface area contributed by atoms with Crippen LogP contribution in [0.5, 0.6) is 11.5 Å². The molecule has 0 saturated heterocycles. The summed E-state index contributed by atoms with van der Waals surface area (Å²) in [4.78, 5) is 25.2. The third kappa shape index (κ3) is 1.63. The fourth-order valence-electron chi connectivity index (χ4n) is 4.79. The Bertz CT molecular complexity index is 1010. The van der Waals surface area contributed by atoms with Crippen LogP contribution in [0, 0.1) is 5.92 Å². The zero-order valence-corrected chi connectivity index (χ0v) is 13.6. The summed E-state index contributed by atoms with van der Waals surface area (Å²) in [5.41, 5.74) is 2.55. The monoisotopic (exact) mass is 336 g/mol. The number of rotatable bonds is 0. The van der Waals surface area contributed by atoms with Crippen LogP contribution in [0.2, 0.25) is 0 Å². The number of benzene rings is 1. The van der Waals surface area contributed by atoms with Gasteiger partial charge in [-0.1, -0.05) is 6.92 Å². The second-order valence-electron chi connectivity index (χ2n) is 7.38. The highest BCUT2D eigenvalue weighted by Gasteiger charge is 2.53. The molecule has 1 aromatic heterocycles. The minimum Gasteiger partial charge on any atom is -0.508 e. The van der Waals surface area contributed by atoms with Crippen molar-refractivity contribution in [3.8, 4) is 11.5 Å². The second kappa shape index (κ2) is 4.42. The Labute approximate surface area is 143 Å². The molecule has 1 heterocycles. The summed E-state index contributed by atoms with van der Waals surface area (Å²) in [6.45, 7) is 2.06. The Hall–Kier alpha value is -2.82. The molecule has 1 aromatic carbocycles. The van der Waals surface area contributed by atoms with Gasteiger partial charge >= 0.3 is 0 Å². The quantitative estimate of drug-likeness (QED) is 0.720. The van der Waals surface area contributed by atoms with Crippen molar-refractivity contribution in [1.29, 1.82) is 0 Å². The Balaban J connectivity index is 1.80. The van der Waals surface area contributed by atoms with Crippen LogP contribution in [-0.2, 0) is 11.8 Å². The Morgan fingerprint density at radius 3 is 2.76 bits per heavy atom. The maximum Gasteiger partial charge on any atom is 0.224 e. The van der Waals surface area contributed by atoms with Crippen LogP contribution in [0.3, 0.4) is 0 Å². The lowest BCUT2D eigenvalue weighted by atomic mass is 9.55. The Kier molecular flexibility index (Phi) is 2.57. The minimum absolute atomic E-state index is 0.0133. The van der Waals surface area contributed by atoms with Gasteiger partial charge in [0.25, 0.3) is 0 Å². The molecule has 0 bridgehead atoms. The molecule has 25 heavy (non-hydrogen) atoms. The number of aromatic hydroxyl groups is 2. The van der Waals surface area contributed by atoms with E-state index in [4.69, 9.17) is 4.42 Å². The van der Waals surface area contributed by atoms with Crippen molar-refractivity contribution in [2.24, 2.45) is 5.92 Å². The van der Waals surface area contributed by atoms with Gasteiger partial charge in [-0.3, -0.25) is 9.59 Å². The predicted molar refractivity (Wildman–Crippen MR) is 88.9 cm³/mol. The van der Waals surface area contributed by atoms with Crippen molar-refractivity contribution >= 4 is 17.6 Å². The summed E-state index contributed by atoms with van der Waals surface area (Å²) in [6, 6.07) is 2.90. The van der Waals surface area contributed by atoms with Gasteiger partial charge in [0.1, 0.15) is 17.8 Å². The van der Waals surface area contributed by atoms with Gasteiger partial charge in [0.2, 0.25) is 5.78 Å². The molecular weight excluding hydrogens is 320 g/mol. The van der Waals surface area contributed by atoms with Crippen LogP contribution in [0.4, 0.5) is 0 Å². The number of carbonyl (C=O) groups is 2. The third-order valence-electron chi connectivity index (χ3n) is 6.16. The van der Waals surface area contributed by atoms with Crippen LogP contribution >= 0.6 is 0 Å². The van der Waals surface area contributed by atoms with Crippen LogP contribution in [0.25, 0.3) is 6.08 Å². The number of allylic oxidation sites excluding steroid dienone is 1. The molecule has 0 amide bonds. The molecule has 5 nitrogen and oxygen atoms in total. The molecule has 0 spiro atoms. The molecule has 3 aliphatic carbocycles. The van der Waals surface area contributed by atoms with Crippen LogP contribution in [0.1, 0.15) is 57.4 Å². The van der Waals surface area contributed by atoms with E-state index < -0.39 is 5.41 Å². The largest absolute Gasteiger partial charge is 0.508 e. The summed E-state index contributed by atoms with van der Waals surface area (Å²) < 4.78 is 5.50. The molecule has 0 fully saturated rings. The molecule has 0 radical (unpaired) electrons. The minimum atomic E-state index is -0.402. The van der Waals surface area contributed by atoms with Crippen molar-refractivity contribution in [2.45, 2.75) is 31.6 Å². The van der Waals surface area contributed by atoms with Crippen LogP contribution in [-0.4, -0.2) is 21.8 Å². The average Bonchev–Trinajstić information content (AvgIpc) is 3.06. The SMILES string of the molecule is C[C@]12CCC(=O)c3coc(c31)C(=O)C1=Cc3c(O)ccc(O)c3C[C@@H]12. The lowest BCUT2D eigenvalue weighted by molar-refractivity contribution is 0.0913. The highest BCUT2D eigenvalue weighted by molar-refractivity contribution is 6.15. The first-order chi connectivity index (χ1) is 11.9. The van der Waals surface area contributed by atoms with E-state index in [1.807, 2.05) is 0 Å². The van der Waals surface area contributed by atoms with Crippen molar-refractivity contribution in [3.05, 3.63) is 52.0 Å². The van der Waals surface area contributed by atoms with Gasteiger partial charge in [-0.15, -0.1) is 0 Å². The number of ketones is 2. The molecule has 0 aliphatic heterocycles. The van der Waals surface area contributed by atoms with E-state index in [9.17, 15) is 19.8 Å². The number of Topliss-reactive ketones (excluding diaryl/α,β-unsaturated/α-hetero) is 2. The van der Waals surface area contributed by atoms with Gasteiger partial charge in [-0.25, -0.2) is 0 Å². The van der Waals surface area contributed by atoms with Gasteiger partial charge in [0.05, 0.1) is 5.56 Å². The van der Waals surface area contributed by atoms with E-state index in [-0.39, 0.29) is 34.7 Å². The van der Waals surface area contributed by atoms with E-state index in [2.05, 4.69) is 6.92 Å². The predicted octanol–water partition coefficient (Wildman–Crippen LogP) is 3.38. The highest BCUT2D eigenvalue weighted by Crippen LogP contribution is 2.55. The van der Waals surface area contributed by atoms with Gasteiger partial charge in [0.15, 0.2) is 11.5 Å². The van der Waals surface area contributed by atoms with Crippen molar-refractivity contribution in [3.63, 3.8) is 0 Å². The topological polar surface area (TPSA) is 87.7 Å². The van der Waals surface area contributed by atoms with Crippen LogP contribution < -0.4 is 0 Å². The fourth-order valence-corrected chi connectivity index (χ4v) is 4.79. The van der Waals surface area contributed by atoms with Gasteiger partial charge < -0.3 is 14.6 Å². The van der Waals surface area contributed by atoms with E-state index >= 15 is 0 Å². The Morgan fingerprint density at radius 2 is 1.96 bits per heavy atom. The normalized spacial score (nSPS) is 26.6. The maximum absolute atomic E-state index is 13.0. The number of phenolic OH excluding ortho intramolecular Hbond substituents is 2. The first kappa shape index (κ1) is 14.5. The first-order valence-electron chi connectivity index (χ1n) is 8.37. The standard InChI is InChI=1S/C20H16O5/c1-20-5-4-16(23)12-8-25-19(17(12)20)18(24)11-6-9-10(7-13(11)20)15(22)3-2-14(9)21/h2-3,6,8,13,21-22H,4-5,7H2,1H3/t13-,20+/m0/s1. The smallest absolute Gasteiger partial charge is 0.224 e. The lowest BCUT2D eigenvalue weighted by Crippen LogP contribution is -2.45. The number of hydrogen-bond acceptors (Lipinski definition) is 5. The lowest BCUT2D eigenvalue weighted by Gasteiger charge is -2.45. The summed E-state index contributed by atoms with van der Waals surface area (Å²) in [5, 5.41) is 20.4. The summed E-state index contributed by atoms with van der Waals surface area (Å²) in [7, 11) is 0. The van der Waals surface area contributed by atoms with Crippen LogP contribution in [0.15, 0.2) is 28.4 Å². The average molecular weight is 336 g/mol. The van der Waals surface area contributed by atoms with Crippen molar-refractivity contribution < 1.29 is 24.2 Å². The molecular formula is C20H16O5. The molecule has 126 valence electrons. The summed E-state index contributed by atoms with van der Waals surface area (Å²) >= 11 is 0. The molecule has 5 heteroatoms. The van der Waals surface area contributed by atoms with Crippen molar-refractivity contribution in [1.82, 2.24) is 0 Å². The second-order valence-corrected chi connectivity index (χ2v) is 7.38. The summed E-state index contributed by atoms with van der Waals surface area (Å²) in [5.74, 6) is 0.0326. The third-order valence-corrected chi connectivity index (χ3v) is 6.16. The number of carbonyl (C=O) groups excluding carboxylic acids is 2. The number of fused-ring (bicyclic) bond motifs is 3. The molecule has 0 saturated carbocycles. The van der Waals surface area contributed by atoms with Gasteiger partial charge in [-0.2, -0.15) is 0 Å². The molecule has 2 aromatic rings. The van der Waals surface area contributed by atoms with E-state index in [1.54, 1.807) is 6.08 Å². The zero-order chi connectivity index (χ0) is 17.5. The van der Waals surface area contributed by atoms with Crippen molar-refractivity contribution in [2.75, 3.05) is 0 Å². The fraction of sp³-hybridized carbons (Fsp3) is 0.300. The zero-order valence-electron chi connectivity index (χ0n) is 13.6. The van der Waals surface area contributed by atoms with Gasteiger partial charge in [-0.05, 0) is 31.1 Å². The molecule has 3 aliphatic rings. The number of phenols is 2. The molecule has 5 rings (SSSR count). The van der Waals surface area contributed by atoms with E-state index in [0.29, 0.717) is 41.5 Å². The summed E-state index contributed by atoms with van der Waals surface area (Å²) in [6.07, 6.45) is 4.58. The first-order valence-corrected chi connectivity index (χ1v) is 8.37. The molecule has 2 atom stereocenters. The van der Waals surface area contributed by atoms with E-state index in [1.165, 1.54) is 18.4 Å².